The van der Waals surface area contributed by atoms with Gasteiger partial charge in [0.1, 0.15) is 5.70 Å². The standard InChI is InChI=1S/C8H14N2O2/c1-2-3-5-9-8(11)7-4-6-12-10-7/h4,10H,2-3,5-6H2,1H3,(H,9,11). The summed E-state index contributed by atoms with van der Waals surface area (Å²) in [6.45, 7) is 3.28. The molecular formula is C8H14N2O2. The minimum Gasteiger partial charge on any atom is -0.351 e. The van der Waals surface area contributed by atoms with Crippen LogP contribution in [0.15, 0.2) is 11.8 Å². The fraction of sp³-hybridized carbons (Fsp3) is 0.625. The van der Waals surface area contributed by atoms with Crippen molar-refractivity contribution >= 4 is 5.91 Å². The van der Waals surface area contributed by atoms with Crippen LogP contribution in [0.5, 0.6) is 0 Å². The summed E-state index contributed by atoms with van der Waals surface area (Å²) >= 11 is 0. The maximum Gasteiger partial charge on any atom is 0.269 e. The molecule has 4 nitrogen and oxygen atoms in total. The minimum absolute atomic E-state index is 0.0825. The lowest BCUT2D eigenvalue weighted by Gasteiger charge is -2.04. The summed E-state index contributed by atoms with van der Waals surface area (Å²) in [6, 6.07) is 0. The van der Waals surface area contributed by atoms with E-state index in [1.54, 1.807) is 6.08 Å². The maximum absolute atomic E-state index is 11.2. The monoisotopic (exact) mass is 170 g/mol. The van der Waals surface area contributed by atoms with Gasteiger partial charge in [-0.05, 0) is 12.5 Å². The zero-order chi connectivity index (χ0) is 8.81. The van der Waals surface area contributed by atoms with E-state index in [4.69, 9.17) is 4.84 Å². The third-order valence-electron chi connectivity index (χ3n) is 1.61. The Morgan fingerprint density at radius 2 is 2.67 bits per heavy atom. The van der Waals surface area contributed by atoms with Gasteiger partial charge in [0.2, 0.25) is 0 Å². The van der Waals surface area contributed by atoms with Crippen LogP contribution in [0.25, 0.3) is 0 Å². The quantitative estimate of drug-likeness (QED) is 0.597. The van der Waals surface area contributed by atoms with Gasteiger partial charge < -0.3 is 5.32 Å². The Morgan fingerprint density at radius 3 is 3.25 bits per heavy atom. The molecule has 0 aromatic rings. The maximum atomic E-state index is 11.2. The lowest BCUT2D eigenvalue weighted by atomic mass is 10.3. The average molecular weight is 170 g/mol. The van der Waals surface area contributed by atoms with Crippen molar-refractivity contribution in [2.24, 2.45) is 0 Å². The van der Waals surface area contributed by atoms with Crippen LogP contribution in [-0.2, 0) is 9.63 Å². The molecule has 0 saturated carbocycles. The third-order valence-corrected chi connectivity index (χ3v) is 1.61. The summed E-state index contributed by atoms with van der Waals surface area (Å²) in [5, 5.41) is 2.78. The SMILES string of the molecule is CCCCNC(=O)C1=CCON1. The predicted octanol–water partition coefficient (Wildman–Crippen LogP) is 0.321. The first-order chi connectivity index (χ1) is 5.84. The summed E-state index contributed by atoms with van der Waals surface area (Å²) in [6.07, 6.45) is 3.82. The lowest BCUT2D eigenvalue weighted by Crippen LogP contribution is -2.30. The van der Waals surface area contributed by atoms with Crippen molar-refractivity contribution in [2.75, 3.05) is 13.2 Å². The van der Waals surface area contributed by atoms with E-state index in [9.17, 15) is 4.79 Å². The number of rotatable bonds is 4. The summed E-state index contributed by atoms with van der Waals surface area (Å²) in [5.41, 5.74) is 3.05. The normalized spacial score (nSPS) is 15.2. The van der Waals surface area contributed by atoms with Crippen LogP contribution in [0.3, 0.4) is 0 Å². The van der Waals surface area contributed by atoms with E-state index in [1.165, 1.54) is 0 Å². The fourth-order valence-electron chi connectivity index (χ4n) is 0.899. The second-order valence-electron chi connectivity index (χ2n) is 2.64. The molecule has 1 rings (SSSR count). The summed E-state index contributed by atoms with van der Waals surface area (Å²) in [5.74, 6) is -0.0825. The van der Waals surface area contributed by atoms with Crippen molar-refractivity contribution in [2.45, 2.75) is 19.8 Å². The smallest absolute Gasteiger partial charge is 0.269 e. The zero-order valence-electron chi connectivity index (χ0n) is 7.22. The first-order valence-electron chi connectivity index (χ1n) is 4.20. The molecule has 0 aliphatic carbocycles. The molecule has 4 heteroatoms. The second kappa shape index (κ2) is 4.77. The minimum atomic E-state index is -0.0825. The van der Waals surface area contributed by atoms with Gasteiger partial charge in [-0.2, -0.15) is 0 Å². The zero-order valence-corrected chi connectivity index (χ0v) is 7.22. The number of carbonyl (C=O) groups excluding carboxylic acids is 1. The van der Waals surface area contributed by atoms with Gasteiger partial charge in [0.15, 0.2) is 0 Å². The van der Waals surface area contributed by atoms with Crippen LogP contribution < -0.4 is 10.8 Å². The van der Waals surface area contributed by atoms with E-state index < -0.39 is 0 Å². The number of hydrogen-bond acceptors (Lipinski definition) is 3. The van der Waals surface area contributed by atoms with Crippen molar-refractivity contribution in [1.82, 2.24) is 10.8 Å². The first-order valence-corrected chi connectivity index (χ1v) is 4.20. The summed E-state index contributed by atoms with van der Waals surface area (Å²) in [7, 11) is 0. The van der Waals surface area contributed by atoms with Gasteiger partial charge in [0, 0.05) is 6.54 Å². The average Bonchev–Trinajstić information content (AvgIpc) is 2.56. The van der Waals surface area contributed by atoms with Crippen LogP contribution in [0.2, 0.25) is 0 Å². The molecule has 12 heavy (non-hydrogen) atoms. The van der Waals surface area contributed by atoms with E-state index in [0.717, 1.165) is 19.4 Å². The fourth-order valence-corrected chi connectivity index (χ4v) is 0.899. The molecule has 1 aliphatic rings. The molecule has 1 heterocycles. The Kier molecular flexibility index (Phi) is 3.60. The van der Waals surface area contributed by atoms with Gasteiger partial charge in [0.05, 0.1) is 6.61 Å². The number of hydrogen-bond donors (Lipinski definition) is 2. The van der Waals surface area contributed by atoms with E-state index in [1.807, 2.05) is 0 Å². The molecule has 0 aromatic heterocycles. The van der Waals surface area contributed by atoms with Crippen LogP contribution in [0, 0.1) is 0 Å². The van der Waals surface area contributed by atoms with Gasteiger partial charge in [-0.3, -0.25) is 15.1 Å². The molecule has 1 amide bonds. The molecule has 0 fully saturated rings. The lowest BCUT2D eigenvalue weighted by molar-refractivity contribution is -0.118. The van der Waals surface area contributed by atoms with Crippen LogP contribution >= 0.6 is 0 Å². The molecule has 0 unspecified atom stereocenters. The number of amides is 1. The predicted molar refractivity (Wildman–Crippen MR) is 45.1 cm³/mol. The Hall–Kier alpha value is -1.03. The van der Waals surface area contributed by atoms with Crippen molar-refractivity contribution in [3.8, 4) is 0 Å². The molecule has 1 aliphatic heterocycles. The Labute approximate surface area is 71.9 Å². The van der Waals surface area contributed by atoms with Crippen molar-refractivity contribution < 1.29 is 9.63 Å². The van der Waals surface area contributed by atoms with E-state index >= 15 is 0 Å². The Morgan fingerprint density at radius 1 is 1.83 bits per heavy atom. The van der Waals surface area contributed by atoms with E-state index in [-0.39, 0.29) is 5.91 Å². The third kappa shape index (κ3) is 2.54. The van der Waals surface area contributed by atoms with Crippen molar-refractivity contribution in [3.05, 3.63) is 11.8 Å². The molecule has 0 aromatic carbocycles. The summed E-state index contributed by atoms with van der Waals surface area (Å²) < 4.78 is 0. The highest BCUT2D eigenvalue weighted by Gasteiger charge is 2.11. The van der Waals surface area contributed by atoms with Gasteiger partial charge in [0.25, 0.3) is 5.91 Å². The van der Waals surface area contributed by atoms with Gasteiger partial charge in [-0.25, -0.2) is 0 Å². The van der Waals surface area contributed by atoms with Crippen molar-refractivity contribution in [1.29, 1.82) is 0 Å². The highest BCUT2D eigenvalue weighted by atomic mass is 16.6. The summed E-state index contributed by atoms with van der Waals surface area (Å²) in [4.78, 5) is 16.0. The molecule has 2 N–H and O–H groups in total. The van der Waals surface area contributed by atoms with Crippen molar-refractivity contribution in [3.63, 3.8) is 0 Å². The topological polar surface area (TPSA) is 50.4 Å². The number of unbranched alkanes of at least 4 members (excludes halogenated alkanes) is 1. The highest BCUT2D eigenvalue weighted by molar-refractivity contribution is 5.92. The Bertz CT molecular complexity index is 189. The van der Waals surface area contributed by atoms with Gasteiger partial charge >= 0.3 is 0 Å². The molecule has 0 spiro atoms. The van der Waals surface area contributed by atoms with E-state index in [2.05, 4.69) is 17.7 Å². The molecule has 68 valence electrons. The van der Waals surface area contributed by atoms with Crippen LogP contribution in [0.1, 0.15) is 19.8 Å². The molecule has 0 radical (unpaired) electrons. The number of carbonyl (C=O) groups is 1. The van der Waals surface area contributed by atoms with E-state index in [0.29, 0.717) is 12.3 Å². The van der Waals surface area contributed by atoms with Gasteiger partial charge in [-0.15, -0.1) is 0 Å². The second-order valence-corrected chi connectivity index (χ2v) is 2.64. The van der Waals surface area contributed by atoms with Gasteiger partial charge in [-0.1, -0.05) is 13.3 Å². The molecule has 0 bridgehead atoms. The molecule has 0 atom stereocenters. The molecular weight excluding hydrogens is 156 g/mol. The number of nitrogens with one attached hydrogen (secondary N) is 2. The Balaban J connectivity index is 2.19. The van der Waals surface area contributed by atoms with Crippen LogP contribution in [0.4, 0.5) is 0 Å². The highest BCUT2D eigenvalue weighted by Crippen LogP contribution is 1.97. The molecule has 0 saturated heterocycles. The number of hydroxylamine groups is 1. The van der Waals surface area contributed by atoms with Crippen LogP contribution in [-0.4, -0.2) is 19.1 Å². The largest absolute Gasteiger partial charge is 0.351 e. The first kappa shape index (κ1) is 9.06.